The Kier molecular flexibility index (Phi) is 3.55. The van der Waals surface area contributed by atoms with Crippen LogP contribution in [0.2, 0.25) is 0 Å². The molecule has 4 heteroatoms. The van der Waals surface area contributed by atoms with Crippen molar-refractivity contribution >= 4 is 0 Å². The molecular formula is C18H11FN2O. The first-order valence-electron chi connectivity index (χ1n) is 6.68. The molecule has 0 aliphatic carbocycles. The summed E-state index contributed by atoms with van der Waals surface area (Å²) in [5.41, 5.74) is 2.18. The standard InChI is InChI=1S/C18H11FN2O/c19-14-8-6-13(7-9-14)17-10-15(12-4-2-1-3-5-12)16(11-20)18(22)21-17/h1-10H,(H,21,22). The number of pyridine rings is 1. The molecule has 0 bridgehead atoms. The summed E-state index contributed by atoms with van der Waals surface area (Å²) in [5, 5.41) is 9.24. The predicted octanol–water partition coefficient (Wildman–Crippen LogP) is 3.72. The van der Waals surface area contributed by atoms with Crippen LogP contribution in [0.3, 0.4) is 0 Å². The summed E-state index contributed by atoms with van der Waals surface area (Å²) in [7, 11) is 0. The lowest BCUT2D eigenvalue weighted by Gasteiger charge is -2.08. The van der Waals surface area contributed by atoms with Gasteiger partial charge in [0.1, 0.15) is 17.4 Å². The van der Waals surface area contributed by atoms with Crippen LogP contribution in [-0.4, -0.2) is 4.98 Å². The van der Waals surface area contributed by atoms with Crippen molar-refractivity contribution in [3.05, 3.63) is 82.4 Å². The van der Waals surface area contributed by atoms with E-state index in [9.17, 15) is 14.4 Å². The minimum absolute atomic E-state index is 0.0667. The summed E-state index contributed by atoms with van der Waals surface area (Å²) in [6, 6.07) is 18.7. The first-order valence-corrected chi connectivity index (χ1v) is 6.68. The van der Waals surface area contributed by atoms with Crippen LogP contribution in [0, 0.1) is 17.1 Å². The van der Waals surface area contributed by atoms with Gasteiger partial charge in [0.05, 0.1) is 0 Å². The summed E-state index contributed by atoms with van der Waals surface area (Å²) in [6.45, 7) is 0. The summed E-state index contributed by atoms with van der Waals surface area (Å²) in [5.74, 6) is -0.344. The maximum Gasteiger partial charge on any atom is 0.266 e. The number of H-pyrrole nitrogens is 1. The smallest absolute Gasteiger partial charge is 0.266 e. The molecule has 0 unspecified atom stereocenters. The van der Waals surface area contributed by atoms with Crippen LogP contribution in [0.25, 0.3) is 22.4 Å². The van der Waals surface area contributed by atoms with Gasteiger partial charge in [0.25, 0.3) is 5.56 Å². The van der Waals surface area contributed by atoms with Gasteiger partial charge < -0.3 is 4.98 Å². The minimum Gasteiger partial charge on any atom is -0.321 e. The molecule has 1 heterocycles. The molecule has 22 heavy (non-hydrogen) atoms. The van der Waals surface area contributed by atoms with Gasteiger partial charge in [-0.3, -0.25) is 4.79 Å². The van der Waals surface area contributed by atoms with E-state index in [-0.39, 0.29) is 11.4 Å². The Morgan fingerprint density at radius 3 is 2.27 bits per heavy atom. The molecule has 0 aliphatic rings. The Morgan fingerprint density at radius 2 is 1.64 bits per heavy atom. The van der Waals surface area contributed by atoms with E-state index >= 15 is 0 Å². The molecule has 0 saturated carbocycles. The van der Waals surface area contributed by atoms with Crippen LogP contribution in [0.15, 0.2) is 65.5 Å². The number of aromatic nitrogens is 1. The monoisotopic (exact) mass is 290 g/mol. The molecule has 1 aromatic heterocycles. The van der Waals surface area contributed by atoms with Crippen molar-refractivity contribution in [3.8, 4) is 28.5 Å². The molecule has 0 amide bonds. The van der Waals surface area contributed by atoms with E-state index in [1.54, 1.807) is 18.2 Å². The van der Waals surface area contributed by atoms with Crippen LogP contribution >= 0.6 is 0 Å². The molecular weight excluding hydrogens is 279 g/mol. The van der Waals surface area contributed by atoms with Crippen LogP contribution in [0.1, 0.15) is 5.56 Å². The Bertz CT molecular complexity index is 907. The first kappa shape index (κ1) is 13.8. The number of hydrogen-bond acceptors (Lipinski definition) is 2. The SMILES string of the molecule is N#Cc1c(-c2ccccc2)cc(-c2ccc(F)cc2)[nH]c1=O. The van der Waals surface area contributed by atoms with Gasteiger partial charge in [0.2, 0.25) is 0 Å². The Hall–Kier alpha value is -3.19. The van der Waals surface area contributed by atoms with Gasteiger partial charge in [-0.15, -0.1) is 0 Å². The maximum atomic E-state index is 13.0. The predicted molar refractivity (Wildman–Crippen MR) is 82.6 cm³/mol. The second-order valence-electron chi connectivity index (χ2n) is 4.79. The molecule has 2 aromatic carbocycles. The van der Waals surface area contributed by atoms with E-state index in [1.807, 2.05) is 36.4 Å². The number of aromatic amines is 1. The summed E-state index contributed by atoms with van der Waals surface area (Å²) < 4.78 is 13.0. The number of nitrogens with one attached hydrogen (secondary N) is 1. The highest BCUT2D eigenvalue weighted by molar-refractivity contribution is 5.75. The molecule has 0 aliphatic heterocycles. The Balaban J connectivity index is 2.24. The number of halogens is 1. The van der Waals surface area contributed by atoms with Crippen molar-refractivity contribution in [2.24, 2.45) is 0 Å². The average Bonchev–Trinajstić information content (AvgIpc) is 2.55. The summed E-state index contributed by atoms with van der Waals surface area (Å²) in [4.78, 5) is 14.8. The van der Waals surface area contributed by atoms with Gasteiger partial charge in [-0.2, -0.15) is 5.26 Å². The van der Waals surface area contributed by atoms with Crippen molar-refractivity contribution in [1.29, 1.82) is 5.26 Å². The molecule has 3 nitrogen and oxygen atoms in total. The first-order chi connectivity index (χ1) is 10.7. The average molecular weight is 290 g/mol. The van der Waals surface area contributed by atoms with Gasteiger partial charge in [0, 0.05) is 11.3 Å². The third kappa shape index (κ3) is 2.52. The van der Waals surface area contributed by atoms with E-state index in [2.05, 4.69) is 4.98 Å². The fraction of sp³-hybridized carbons (Fsp3) is 0. The third-order valence-corrected chi connectivity index (χ3v) is 3.39. The second kappa shape index (κ2) is 5.66. The maximum absolute atomic E-state index is 13.0. The van der Waals surface area contributed by atoms with E-state index in [1.165, 1.54) is 12.1 Å². The lowest BCUT2D eigenvalue weighted by atomic mass is 9.99. The normalized spacial score (nSPS) is 10.2. The zero-order chi connectivity index (χ0) is 15.5. The van der Waals surface area contributed by atoms with Gasteiger partial charge in [-0.05, 0) is 41.5 Å². The quantitative estimate of drug-likeness (QED) is 0.782. The molecule has 0 atom stereocenters. The summed E-state index contributed by atoms with van der Waals surface area (Å²) >= 11 is 0. The van der Waals surface area contributed by atoms with E-state index in [0.29, 0.717) is 16.8 Å². The highest BCUT2D eigenvalue weighted by atomic mass is 19.1. The van der Waals surface area contributed by atoms with Gasteiger partial charge in [-0.25, -0.2) is 4.39 Å². The zero-order valence-electron chi connectivity index (χ0n) is 11.5. The van der Waals surface area contributed by atoms with Gasteiger partial charge in [-0.1, -0.05) is 30.3 Å². The second-order valence-corrected chi connectivity index (χ2v) is 4.79. The lowest BCUT2D eigenvalue weighted by molar-refractivity contribution is 0.628. The van der Waals surface area contributed by atoms with Crippen molar-refractivity contribution < 1.29 is 4.39 Å². The van der Waals surface area contributed by atoms with Crippen molar-refractivity contribution in [2.45, 2.75) is 0 Å². The molecule has 0 saturated heterocycles. The minimum atomic E-state index is -0.455. The van der Waals surface area contributed by atoms with Crippen molar-refractivity contribution in [3.63, 3.8) is 0 Å². The Morgan fingerprint density at radius 1 is 0.955 bits per heavy atom. The van der Waals surface area contributed by atoms with Crippen molar-refractivity contribution in [1.82, 2.24) is 4.98 Å². The molecule has 3 rings (SSSR count). The topological polar surface area (TPSA) is 56.6 Å². The molecule has 0 radical (unpaired) electrons. The fourth-order valence-corrected chi connectivity index (χ4v) is 2.30. The zero-order valence-corrected chi connectivity index (χ0v) is 11.5. The number of hydrogen-bond donors (Lipinski definition) is 1. The van der Waals surface area contributed by atoms with Crippen LogP contribution in [-0.2, 0) is 0 Å². The Labute approximate surface area is 126 Å². The van der Waals surface area contributed by atoms with Crippen LogP contribution in [0.4, 0.5) is 4.39 Å². The largest absolute Gasteiger partial charge is 0.321 e. The molecule has 1 N–H and O–H groups in total. The summed E-state index contributed by atoms with van der Waals surface area (Å²) in [6.07, 6.45) is 0. The molecule has 3 aromatic rings. The molecule has 106 valence electrons. The van der Waals surface area contributed by atoms with E-state index in [4.69, 9.17) is 0 Å². The van der Waals surface area contributed by atoms with E-state index < -0.39 is 5.56 Å². The highest BCUT2D eigenvalue weighted by Crippen LogP contribution is 2.25. The molecule has 0 spiro atoms. The number of benzene rings is 2. The van der Waals surface area contributed by atoms with Crippen LogP contribution in [0.5, 0.6) is 0 Å². The van der Waals surface area contributed by atoms with Crippen LogP contribution < -0.4 is 5.56 Å². The highest BCUT2D eigenvalue weighted by Gasteiger charge is 2.12. The van der Waals surface area contributed by atoms with Crippen molar-refractivity contribution in [2.75, 3.05) is 0 Å². The van der Waals surface area contributed by atoms with E-state index in [0.717, 1.165) is 5.56 Å². The number of nitriles is 1. The number of rotatable bonds is 2. The lowest BCUT2D eigenvalue weighted by Crippen LogP contribution is -2.12. The van der Waals surface area contributed by atoms with Gasteiger partial charge >= 0.3 is 0 Å². The fourth-order valence-electron chi connectivity index (χ4n) is 2.30. The third-order valence-electron chi connectivity index (χ3n) is 3.39. The van der Waals surface area contributed by atoms with Gasteiger partial charge in [0.15, 0.2) is 0 Å². The number of nitrogens with zero attached hydrogens (tertiary/aromatic N) is 1. The molecule has 0 fully saturated rings.